The molecule has 0 aromatic rings. The van der Waals surface area contributed by atoms with E-state index >= 15 is 0 Å². The van der Waals surface area contributed by atoms with Gasteiger partial charge in [-0.15, -0.1) is 6.58 Å². The number of hydrogen-bond acceptors (Lipinski definition) is 2. The molecule has 64 valence electrons. The Balaban J connectivity index is 4.04. The maximum absolute atomic E-state index is 11.3. The van der Waals surface area contributed by atoms with Gasteiger partial charge in [0, 0.05) is 6.42 Å². The molecule has 0 bridgehead atoms. The minimum atomic E-state index is -0.650. The predicted molar refractivity (Wildman–Crippen MR) is 47.3 cm³/mol. The number of allylic oxidation sites excluding steroid dienone is 1. The van der Waals surface area contributed by atoms with Gasteiger partial charge in [0.25, 0.3) is 0 Å². The third-order valence-corrected chi connectivity index (χ3v) is 1.74. The van der Waals surface area contributed by atoms with Gasteiger partial charge in [-0.25, -0.2) is 0 Å². The lowest BCUT2D eigenvalue weighted by atomic mass is 9.91. The molecule has 0 saturated carbocycles. The van der Waals surface area contributed by atoms with Gasteiger partial charge < -0.3 is 5.73 Å². The van der Waals surface area contributed by atoms with Gasteiger partial charge in [-0.3, -0.25) is 4.79 Å². The van der Waals surface area contributed by atoms with Crippen LogP contribution in [0.4, 0.5) is 0 Å². The van der Waals surface area contributed by atoms with Crippen molar-refractivity contribution in [3.8, 4) is 0 Å². The standard InChI is InChI=1S/C9H17NO/c1-4-6-8(11)9(3,10)7-5-2/h4H,1,5-7,10H2,2-3H3. The Hall–Kier alpha value is -0.630. The summed E-state index contributed by atoms with van der Waals surface area (Å²) in [5, 5.41) is 0. The molecule has 0 amide bonds. The number of ketones is 1. The molecule has 0 aliphatic rings. The Morgan fingerprint density at radius 2 is 2.27 bits per heavy atom. The Morgan fingerprint density at radius 1 is 1.73 bits per heavy atom. The molecule has 0 aromatic heterocycles. The molecule has 11 heavy (non-hydrogen) atoms. The van der Waals surface area contributed by atoms with Crippen LogP contribution >= 0.6 is 0 Å². The molecule has 0 heterocycles. The SMILES string of the molecule is C=CCC(=O)C(C)(N)CCC. The highest BCUT2D eigenvalue weighted by molar-refractivity contribution is 5.88. The summed E-state index contributed by atoms with van der Waals surface area (Å²) >= 11 is 0. The lowest BCUT2D eigenvalue weighted by molar-refractivity contribution is -0.123. The summed E-state index contributed by atoms with van der Waals surface area (Å²) in [5.41, 5.74) is 5.11. The first-order chi connectivity index (χ1) is 5.04. The summed E-state index contributed by atoms with van der Waals surface area (Å²) in [7, 11) is 0. The van der Waals surface area contributed by atoms with Crippen LogP contribution in [-0.2, 0) is 4.79 Å². The number of carbonyl (C=O) groups excluding carboxylic acids is 1. The molecular weight excluding hydrogens is 138 g/mol. The Labute approximate surface area is 68.5 Å². The van der Waals surface area contributed by atoms with Crippen LogP contribution in [0.25, 0.3) is 0 Å². The van der Waals surface area contributed by atoms with Gasteiger partial charge in [0.2, 0.25) is 0 Å². The Bertz CT molecular complexity index is 150. The summed E-state index contributed by atoms with van der Waals surface area (Å²) in [6, 6.07) is 0. The fourth-order valence-electron chi connectivity index (χ4n) is 1.02. The third-order valence-electron chi connectivity index (χ3n) is 1.74. The number of hydrogen-bond donors (Lipinski definition) is 1. The van der Waals surface area contributed by atoms with E-state index in [-0.39, 0.29) is 5.78 Å². The van der Waals surface area contributed by atoms with Crippen molar-refractivity contribution in [3.05, 3.63) is 12.7 Å². The minimum absolute atomic E-state index is 0.0781. The van der Waals surface area contributed by atoms with Crippen molar-refractivity contribution < 1.29 is 4.79 Å². The largest absolute Gasteiger partial charge is 0.319 e. The summed E-state index contributed by atoms with van der Waals surface area (Å²) in [5.74, 6) is 0.0781. The van der Waals surface area contributed by atoms with Crippen LogP contribution in [0.15, 0.2) is 12.7 Å². The zero-order valence-corrected chi connectivity index (χ0v) is 7.39. The molecule has 2 nitrogen and oxygen atoms in total. The lowest BCUT2D eigenvalue weighted by Crippen LogP contribution is -2.44. The highest BCUT2D eigenvalue weighted by Gasteiger charge is 2.24. The van der Waals surface area contributed by atoms with Gasteiger partial charge >= 0.3 is 0 Å². The van der Waals surface area contributed by atoms with Crippen molar-refractivity contribution in [1.29, 1.82) is 0 Å². The van der Waals surface area contributed by atoms with Gasteiger partial charge in [-0.2, -0.15) is 0 Å². The summed E-state index contributed by atoms with van der Waals surface area (Å²) < 4.78 is 0. The number of rotatable bonds is 5. The first-order valence-electron chi connectivity index (χ1n) is 3.97. The second-order valence-corrected chi connectivity index (χ2v) is 3.08. The summed E-state index contributed by atoms with van der Waals surface area (Å²) in [6.07, 6.45) is 3.67. The van der Waals surface area contributed by atoms with Gasteiger partial charge in [0.05, 0.1) is 5.54 Å². The third kappa shape index (κ3) is 3.33. The smallest absolute Gasteiger partial charge is 0.156 e. The van der Waals surface area contributed by atoms with Gasteiger partial charge in [0.1, 0.15) is 0 Å². The quantitative estimate of drug-likeness (QED) is 0.613. The average molecular weight is 155 g/mol. The topological polar surface area (TPSA) is 43.1 Å². The normalized spacial score (nSPS) is 15.5. The van der Waals surface area contributed by atoms with Gasteiger partial charge in [-0.1, -0.05) is 19.4 Å². The van der Waals surface area contributed by atoms with Crippen molar-refractivity contribution in [2.75, 3.05) is 0 Å². The maximum Gasteiger partial charge on any atom is 0.156 e. The first kappa shape index (κ1) is 10.4. The van der Waals surface area contributed by atoms with Crippen LogP contribution in [0.1, 0.15) is 33.1 Å². The molecule has 0 spiro atoms. The fraction of sp³-hybridized carbons (Fsp3) is 0.667. The van der Waals surface area contributed by atoms with E-state index in [9.17, 15) is 4.79 Å². The molecule has 1 unspecified atom stereocenters. The van der Waals surface area contributed by atoms with Crippen LogP contribution in [-0.4, -0.2) is 11.3 Å². The number of carbonyl (C=O) groups is 1. The average Bonchev–Trinajstić information content (AvgIpc) is 1.88. The second-order valence-electron chi connectivity index (χ2n) is 3.08. The molecule has 2 N–H and O–H groups in total. The van der Waals surface area contributed by atoms with Gasteiger partial charge in [-0.05, 0) is 13.3 Å². The highest BCUT2D eigenvalue weighted by Crippen LogP contribution is 2.11. The molecule has 2 heteroatoms. The van der Waals surface area contributed by atoms with Crippen LogP contribution in [0.3, 0.4) is 0 Å². The van der Waals surface area contributed by atoms with Gasteiger partial charge in [0.15, 0.2) is 5.78 Å². The van der Waals surface area contributed by atoms with E-state index in [1.165, 1.54) is 0 Å². The van der Waals surface area contributed by atoms with E-state index in [0.29, 0.717) is 6.42 Å². The predicted octanol–water partition coefficient (Wildman–Crippen LogP) is 1.65. The number of nitrogens with two attached hydrogens (primary N) is 1. The minimum Gasteiger partial charge on any atom is -0.319 e. The van der Waals surface area contributed by atoms with E-state index in [4.69, 9.17) is 5.73 Å². The number of Topliss-reactive ketones (excluding diaryl/α,β-unsaturated/α-hetero) is 1. The molecule has 0 saturated heterocycles. The molecule has 0 aliphatic carbocycles. The zero-order valence-electron chi connectivity index (χ0n) is 7.39. The summed E-state index contributed by atoms with van der Waals surface area (Å²) in [4.78, 5) is 11.3. The van der Waals surface area contributed by atoms with E-state index in [2.05, 4.69) is 6.58 Å². The van der Waals surface area contributed by atoms with Crippen LogP contribution < -0.4 is 5.73 Å². The maximum atomic E-state index is 11.3. The zero-order chi connectivity index (χ0) is 8.91. The molecule has 0 rings (SSSR count). The molecule has 0 radical (unpaired) electrons. The van der Waals surface area contributed by atoms with Crippen molar-refractivity contribution in [3.63, 3.8) is 0 Å². The molecule has 1 atom stereocenters. The van der Waals surface area contributed by atoms with E-state index in [0.717, 1.165) is 12.8 Å². The lowest BCUT2D eigenvalue weighted by Gasteiger charge is -2.21. The Kier molecular flexibility index (Phi) is 4.04. The molecule has 0 aliphatic heterocycles. The fourth-order valence-corrected chi connectivity index (χ4v) is 1.02. The van der Waals surface area contributed by atoms with E-state index in [1.54, 1.807) is 13.0 Å². The summed E-state index contributed by atoms with van der Waals surface area (Å²) in [6.45, 7) is 7.30. The van der Waals surface area contributed by atoms with Crippen LogP contribution in [0, 0.1) is 0 Å². The van der Waals surface area contributed by atoms with Crippen molar-refractivity contribution in [2.24, 2.45) is 5.73 Å². The van der Waals surface area contributed by atoms with Crippen LogP contribution in [0.5, 0.6) is 0 Å². The molecular formula is C9H17NO. The highest BCUT2D eigenvalue weighted by atomic mass is 16.1. The van der Waals surface area contributed by atoms with Crippen LogP contribution in [0.2, 0.25) is 0 Å². The van der Waals surface area contributed by atoms with Crippen molar-refractivity contribution in [2.45, 2.75) is 38.6 Å². The Morgan fingerprint density at radius 3 is 2.64 bits per heavy atom. The van der Waals surface area contributed by atoms with E-state index < -0.39 is 5.54 Å². The second kappa shape index (κ2) is 4.29. The molecule has 0 aromatic carbocycles. The van der Waals surface area contributed by atoms with Crippen molar-refractivity contribution in [1.82, 2.24) is 0 Å². The molecule has 0 fully saturated rings. The van der Waals surface area contributed by atoms with E-state index in [1.807, 2.05) is 6.92 Å². The first-order valence-corrected chi connectivity index (χ1v) is 3.97. The van der Waals surface area contributed by atoms with Crippen molar-refractivity contribution >= 4 is 5.78 Å². The monoisotopic (exact) mass is 155 g/mol.